The molecule has 154 valence electrons. The lowest BCUT2D eigenvalue weighted by atomic mass is 9.96. The normalized spacial score (nSPS) is 16.3. The lowest BCUT2D eigenvalue weighted by Crippen LogP contribution is -2.40. The molecule has 0 bridgehead atoms. The van der Waals surface area contributed by atoms with Gasteiger partial charge in [0.25, 0.3) is 5.56 Å². The molecule has 30 heavy (non-hydrogen) atoms. The van der Waals surface area contributed by atoms with Gasteiger partial charge in [-0.05, 0) is 42.7 Å². The van der Waals surface area contributed by atoms with E-state index >= 15 is 0 Å². The molecule has 1 saturated heterocycles. The monoisotopic (exact) mass is 404 g/mol. The van der Waals surface area contributed by atoms with E-state index in [9.17, 15) is 9.59 Å². The van der Waals surface area contributed by atoms with Gasteiger partial charge in [0.15, 0.2) is 0 Å². The first-order chi connectivity index (χ1) is 14.6. The van der Waals surface area contributed by atoms with Crippen molar-refractivity contribution in [2.24, 2.45) is 0 Å². The highest BCUT2D eigenvalue weighted by atomic mass is 16.5. The Kier molecular flexibility index (Phi) is 5.88. The zero-order valence-corrected chi connectivity index (χ0v) is 16.9. The van der Waals surface area contributed by atoms with Crippen molar-refractivity contribution >= 4 is 5.91 Å². The number of benzene rings is 1. The summed E-state index contributed by atoms with van der Waals surface area (Å²) in [5.74, 6) is 1.50. The van der Waals surface area contributed by atoms with Gasteiger partial charge in [-0.15, -0.1) is 0 Å². The molecule has 0 radical (unpaired) electrons. The number of ether oxygens (including phenoxy) is 1. The molecule has 1 atom stereocenters. The van der Waals surface area contributed by atoms with Crippen molar-refractivity contribution in [3.63, 3.8) is 0 Å². The number of piperidine rings is 1. The number of amides is 1. The minimum atomic E-state index is -0.187. The Morgan fingerprint density at radius 1 is 1.20 bits per heavy atom. The van der Waals surface area contributed by atoms with Crippen molar-refractivity contribution < 1.29 is 9.53 Å². The lowest BCUT2D eigenvalue weighted by Gasteiger charge is -2.32. The van der Waals surface area contributed by atoms with E-state index in [-0.39, 0.29) is 17.4 Å². The average Bonchev–Trinajstić information content (AvgIpc) is 2.80. The standard InChI is InChI=1S/C23H24N4O3/c1-30-19-6-4-16(5-7-19)13-22(29)27-12-2-3-18(15-27)23-25-20(14-21(28)26-23)17-8-10-24-11-9-17/h4-11,14,18H,2-3,12-13,15H2,1H3,(H,25,26,28)/t18-/m1/s1. The second-order valence-electron chi connectivity index (χ2n) is 7.46. The van der Waals surface area contributed by atoms with E-state index in [1.54, 1.807) is 19.5 Å². The summed E-state index contributed by atoms with van der Waals surface area (Å²) in [6.45, 7) is 1.28. The molecule has 0 saturated carbocycles. The molecule has 7 nitrogen and oxygen atoms in total. The summed E-state index contributed by atoms with van der Waals surface area (Å²) in [7, 11) is 1.62. The van der Waals surface area contributed by atoms with Crippen LogP contribution in [0.15, 0.2) is 59.7 Å². The van der Waals surface area contributed by atoms with Crippen LogP contribution in [0.3, 0.4) is 0 Å². The summed E-state index contributed by atoms with van der Waals surface area (Å²) in [6.07, 6.45) is 5.46. The smallest absolute Gasteiger partial charge is 0.251 e. The molecule has 7 heteroatoms. The van der Waals surface area contributed by atoms with Gasteiger partial charge in [-0.3, -0.25) is 14.6 Å². The molecular weight excluding hydrogens is 380 g/mol. The van der Waals surface area contributed by atoms with E-state index in [0.717, 1.165) is 36.3 Å². The number of hydrogen-bond donors (Lipinski definition) is 1. The van der Waals surface area contributed by atoms with Crippen molar-refractivity contribution in [1.82, 2.24) is 19.9 Å². The number of nitrogens with one attached hydrogen (secondary N) is 1. The molecular formula is C23H24N4O3. The van der Waals surface area contributed by atoms with Crippen LogP contribution in [0.4, 0.5) is 0 Å². The summed E-state index contributed by atoms with van der Waals surface area (Å²) >= 11 is 0. The predicted octanol–water partition coefficient (Wildman–Crippen LogP) is 2.79. The van der Waals surface area contributed by atoms with E-state index in [0.29, 0.717) is 24.5 Å². The number of likely N-dealkylation sites (tertiary alicyclic amines) is 1. The summed E-state index contributed by atoms with van der Waals surface area (Å²) in [5.41, 5.74) is 2.24. The average molecular weight is 404 g/mol. The minimum absolute atomic E-state index is 0.00746. The van der Waals surface area contributed by atoms with Crippen LogP contribution in [0, 0.1) is 0 Å². The lowest BCUT2D eigenvalue weighted by molar-refractivity contribution is -0.131. The van der Waals surface area contributed by atoms with Gasteiger partial charge in [0, 0.05) is 43.0 Å². The van der Waals surface area contributed by atoms with Gasteiger partial charge in [-0.25, -0.2) is 4.98 Å². The van der Waals surface area contributed by atoms with Crippen LogP contribution < -0.4 is 10.3 Å². The van der Waals surface area contributed by atoms with E-state index in [1.165, 1.54) is 6.07 Å². The molecule has 1 fully saturated rings. The molecule has 1 aliphatic rings. The number of methoxy groups -OCH3 is 1. The Bertz CT molecular complexity index is 1060. The van der Waals surface area contributed by atoms with Gasteiger partial charge in [0.1, 0.15) is 11.6 Å². The van der Waals surface area contributed by atoms with Gasteiger partial charge in [-0.1, -0.05) is 12.1 Å². The van der Waals surface area contributed by atoms with E-state index in [2.05, 4.69) is 15.0 Å². The SMILES string of the molecule is COc1ccc(CC(=O)N2CCC[C@@H](c3nc(-c4ccncc4)cc(=O)[nH]3)C2)cc1. The first kappa shape index (κ1) is 19.8. The van der Waals surface area contributed by atoms with E-state index < -0.39 is 0 Å². The van der Waals surface area contributed by atoms with Gasteiger partial charge in [-0.2, -0.15) is 0 Å². The third-order valence-electron chi connectivity index (χ3n) is 5.41. The second kappa shape index (κ2) is 8.90. The highest BCUT2D eigenvalue weighted by Gasteiger charge is 2.26. The van der Waals surface area contributed by atoms with E-state index in [1.807, 2.05) is 41.3 Å². The number of carbonyl (C=O) groups is 1. The molecule has 4 rings (SSSR count). The maximum absolute atomic E-state index is 12.8. The molecule has 3 heterocycles. The highest BCUT2D eigenvalue weighted by Crippen LogP contribution is 2.26. The van der Waals surface area contributed by atoms with Crippen LogP contribution in [0.25, 0.3) is 11.3 Å². The zero-order valence-electron chi connectivity index (χ0n) is 16.9. The Balaban J connectivity index is 1.49. The Morgan fingerprint density at radius 2 is 1.97 bits per heavy atom. The number of carbonyl (C=O) groups excluding carboxylic acids is 1. The Labute approximate surface area is 174 Å². The van der Waals surface area contributed by atoms with Crippen LogP contribution >= 0.6 is 0 Å². The second-order valence-corrected chi connectivity index (χ2v) is 7.46. The number of hydrogen-bond acceptors (Lipinski definition) is 5. The highest BCUT2D eigenvalue weighted by molar-refractivity contribution is 5.79. The fraction of sp³-hybridized carbons (Fsp3) is 0.304. The van der Waals surface area contributed by atoms with Gasteiger partial charge < -0.3 is 14.6 Å². The summed E-state index contributed by atoms with van der Waals surface area (Å²) in [4.78, 5) is 38.5. The topological polar surface area (TPSA) is 88.2 Å². The molecule has 1 aliphatic heterocycles. The number of aromatic nitrogens is 3. The van der Waals surface area contributed by atoms with Crippen LogP contribution in [-0.4, -0.2) is 46.0 Å². The zero-order chi connectivity index (χ0) is 20.9. The third-order valence-corrected chi connectivity index (χ3v) is 5.41. The Morgan fingerprint density at radius 3 is 2.70 bits per heavy atom. The van der Waals surface area contributed by atoms with Crippen LogP contribution in [0.5, 0.6) is 5.75 Å². The number of rotatable bonds is 5. The summed E-state index contributed by atoms with van der Waals surface area (Å²) in [6, 6.07) is 12.7. The Hall–Kier alpha value is -3.48. The third kappa shape index (κ3) is 4.56. The van der Waals surface area contributed by atoms with Crippen molar-refractivity contribution in [2.45, 2.75) is 25.2 Å². The number of nitrogens with zero attached hydrogens (tertiary/aromatic N) is 3. The fourth-order valence-electron chi connectivity index (χ4n) is 3.80. The molecule has 1 aromatic carbocycles. The molecule has 2 aromatic heterocycles. The van der Waals surface area contributed by atoms with Gasteiger partial charge in [0.2, 0.25) is 5.91 Å². The van der Waals surface area contributed by atoms with Crippen LogP contribution in [0.2, 0.25) is 0 Å². The molecule has 3 aromatic rings. The van der Waals surface area contributed by atoms with Crippen LogP contribution in [-0.2, 0) is 11.2 Å². The largest absolute Gasteiger partial charge is 0.497 e. The first-order valence-corrected chi connectivity index (χ1v) is 10.0. The fourth-order valence-corrected chi connectivity index (χ4v) is 3.80. The first-order valence-electron chi connectivity index (χ1n) is 10.0. The van der Waals surface area contributed by atoms with Crippen molar-refractivity contribution in [3.05, 3.63) is 76.6 Å². The maximum Gasteiger partial charge on any atom is 0.251 e. The number of pyridine rings is 1. The van der Waals surface area contributed by atoms with Gasteiger partial charge >= 0.3 is 0 Å². The summed E-state index contributed by atoms with van der Waals surface area (Å²) in [5, 5.41) is 0. The predicted molar refractivity (Wildman–Crippen MR) is 113 cm³/mol. The molecule has 0 aliphatic carbocycles. The summed E-state index contributed by atoms with van der Waals surface area (Å²) < 4.78 is 5.17. The molecule has 0 unspecified atom stereocenters. The van der Waals surface area contributed by atoms with Crippen molar-refractivity contribution in [2.75, 3.05) is 20.2 Å². The number of H-pyrrole nitrogens is 1. The van der Waals surface area contributed by atoms with Crippen LogP contribution in [0.1, 0.15) is 30.1 Å². The van der Waals surface area contributed by atoms with Gasteiger partial charge in [0.05, 0.1) is 19.2 Å². The minimum Gasteiger partial charge on any atom is -0.497 e. The maximum atomic E-state index is 12.8. The van der Waals surface area contributed by atoms with E-state index in [4.69, 9.17) is 4.74 Å². The van der Waals surface area contributed by atoms with Crippen molar-refractivity contribution in [3.8, 4) is 17.0 Å². The number of aromatic amines is 1. The molecule has 1 amide bonds. The molecule has 1 N–H and O–H groups in total. The van der Waals surface area contributed by atoms with Crippen molar-refractivity contribution in [1.29, 1.82) is 0 Å². The molecule has 0 spiro atoms. The quantitative estimate of drug-likeness (QED) is 0.706.